The van der Waals surface area contributed by atoms with Crippen LogP contribution in [0.3, 0.4) is 0 Å². The van der Waals surface area contributed by atoms with Crippen molar-refractivity contribution in [3.05, 3.63) is 29.8 Å². The summed E-state index contributed by atoms with van der Waals surface area (Å²) in [5.74, 6) is 0. The molecule has 0 aromatic heterocycles. The maximum atomic E-state index is 12.4. The second-order valence-corrected chi connectivity index (χ2v) is 5.98. The van der Waals surface area contributed by atoms with Crippen LogP contribution >= 0.6 is 0 Å². The van der Waals surface area contributed by atoms with Gasteiger partial charge in [0.05, 0.1) is 11.5 Å². The van der Waals surface area contributed by atoms with Crippen LogP contribution in [0.25, 0.3) is 0 Å². The number of ether oxygens (including phenoxy) is 1. The minimum absolute atomic E-state index is 0.294. The van der Waals surface area contributed by atoms with E-state index in [-0.39, 0.29) is 0 Å². The second kappa shape index (κ2) is 7.59. The highest BCUT2D eigenvalue weighted by Crippen LogP contribution is 2.16. The fourth-order valence-corrected chi connectivity index (χ4v) is 3.14. The van der Waals surface area contributed by atoms with Gasteiger partial charge >= 0.3 is 0 Å². The molecule has 1 rings (SSSR count). The largest absolute Gasteiger partial charge is 0.380 e. The van der Waals surface area contributed by atoms with Crippen LogP contribution in [0.1, 0.15) is 19.4 Å². The molecule has 6 heteroatoms. The van der Waals surface area contributed by atoms with Crippen LogP contribution in [0, 0.1) is 0 Å². The molecule has 0 fully saturated rings. The molecule has 1 aromatic carbocycles. The molecule has 0 aliphatic carbocycles. The predicted molar refractivity (Wildman–Crippen MR) is 75.3 cm³/mol. The number of sulfonamides is 1. The third-order valence-corrected chi connectivity index (χ3v) is 4.83. The normalized spacial score (nSPS) is 12.0. The first kappa shape index (κ1) is 16.1. The smallest absolute Gasteiger partial charge is 0.243 e. The molecule has 0 aliphatic rings. The first-order chi connectivity index (χ1) is 9.06. The minimum Gasteiger partial charge on any atom is -0.380 e. The molecule has 0 saturated carbocycles. The van der Waals surface area contributed by atoms with Gasteiger partial charge in [-0.2, -0.15) is 4.31 Å². The Bertz CT molecular complexity index is 471. The van der Waals surface area contributed by atoms with Crippen LogP contribution in [0.15, 0.2) is 29.2 Å². The van der Waals surface area contributed by atoms with Crippen molar-refractivity contribution < 1.29 is 13.2 Å². The van der Waals surface area contributed by atoms with Crippen molar-refractivity contribution >= 4 is 10.0 Å². The summed E-state index contributed by atoms with van der Waals surface area (Å²) in [7, 11) is -3.44. The number of likely N-dealkylation sites (N-methyl/N-ethyl adjacent to an activating group) is 1. The molecule has 5 nitrogen and oxygen atoms in total. The second-order valence-electron chi connectivity index (χ2n) is 4.04. The van der Waals surface area contributed by atoms with Gasteiger partial charge < -0.3 is 10.5 Å². The van der Waals surface area contributed by atoms with Crippen molar-refractivity contribution in [2.24, 2.45) is 5.73 Å². The van der Waals surface area contributed by atoms with Gasteiger partial charge in [0.2, 0.25) is 10.0 Å². The zero-order valence-electron chi connectivity index (χ0n) is 11.5. The van der Waals surface area contributed by atoms with Gasteiger partial charge in [0, 0.05) is 26.2 Å². The number of benzene rings is 1. The first-order valence-corrected chi connectivity index (χ1v) is 7.87. The van der Waals surface area contributed by atoms with E-state index in [2.05, 4.69) is 0 Å². The monoisotopic (exact) mass is 286 g/mol. The van der Waals surface area contributed by atoms with Crippen LogP contribution in [-0.2, 0) is 21.3 Å². The Kier molecular flexibility index (Phi) is 6.44. The number of nitrogens with zero attached hydrogens (tertiary/aromatic N) is 1. The van der Waals surface area contributed by atoms with Crippen LogP contribution in [0.4, 0.5) is 0 Å². The molecule has 0 amide bonds. The van der Waals surface area contributed by atoms with Crippen molar-refractivity contribution in [2.45, 2.75) is 25.3 Å². The maximum Gasteiger partial charge on any atom is 0.243 e. The van der Waals surface area contributed by atoms with Crippen molar-refractivity contribution in [2.75, 3.05) is 26.3 Å². The van der Waals surface area contributed by atoms with Gasteiger partial charge in [-0.1, -0.05) is 19.1 Å². The summed E-state index contributed by atoms with van der Waals surface area (Å²) < 4.78 is 31.4. The lowest BCUT2D eigenvalue weighted by Crippen LogP contribution is -2.33. The van der Waals surface area contributed by atoms with E-state index < -0.39 is 10.0 Å². The standard InChI is InChI=1S/C13H22N2O3S/c1-3-15(9-10-18-4-2)19(16,17)13-7-5-12(11-14)6-8-13/h5-8H,3-4,9-11,14H2,1-2H3. The highest BCUT2D eigenvalue weighted by molar-refractivity contribution is 7.89. The maximum absolute atomic E-state index is 12.4. The molecule has 108 valence electrons. The zero-order valence-corrected chi connectivity index (χ0v) is 12.3. The molecular weight excluding hydrogens is 264 g/mol. The quantitative estimate of drug-likeness (QED) is 0.729. The van der Waals surface area contributed by atoms with E-state index in [1.807, 2.05) is 13.8 Å². The summed E-state index contributed by atoms with van der Waals surface area (Å²) in [5, 5.41) is 0. The molecule has 0 atom stereocenters. The average molecular weight is 286 g/mol. The molecule has 0 saturated heterocycles. The van der Waals surface area contributed by atoms with E-state index in [1.165, 1.54) is 4.31 Å². The molecule has 0 unspecified atom stereocenters. The van der Waals surface area contributed by atoms with E-state index in [4.69, 9.17) is 10.5 Å². The molecule has 2 N–H and O–H groups in total. The van der Waals surface area contributed by atoms with E-state index in [0.29, 0.717) is 37.7 Å². The highest BCUT2D eigenvalue weighted by Gasteiger charge is 2.22. The zero-order chi connectivity index (χ0) is 14.3. The Morgan fingerprint density at radius 3 is 2.32 bits per heavy atom. The summed E-state index contributed by atoms with van der Waals surface area (Å²) >= 11 is 0. The van der Waals surface area contributed by atoms with Gasteiger partial charge in [0.15, 0.2) is 0 Å². The predicted octanol–water partition coefficient (Wildman–Crippen LogP) is 1.19. The number of rotatable bonds is 8. The fraction of sp³-hybridized carbons (Fsp3) is 0.538. The van der Waals surface area contributed by atoms with Gasteiger partial charge in [-0.05, 0) is 24.6 Å². The molecular formula is C13H22N2O3S. The van der Waals surface area contributed by atoms with E-state index >= 15 is 0 Å². The van der Waals surface area contributed by atoms with Gasteiger partial charge in [-0.3, -0.25) is 0 Å². The number of hydrogen-bond acceptors (Lipinski definition) is 4. The van der Waals surface area contributed by atoms with Crippen molar-refractivity contribution in [3.8, 4) is 0 Å². The fourth-order valence-electron chi connectivity index (χ4n) is 1.71. The summed E-state index contributed by atoms with van der Waals surface area (Å²) in [6, 6.07) is 6.67. The Morgan fingerprint density at radius 1 is 1.21 bits per heavy atom. The van der Waals surface area contributed by atoms with Crippen molar-refractivity contribution in [3.63, 3.8) is 0 Å². The summed E-state index contributed by atoms with van der Waals surface area (Å²) in [5.41, 5.74) is 6.41. The highest BCUT2D eigenvalue weighted by atomic mass is 32.2. The van der Waals surface area contributed by atoms with Crippen molar-refractivity contribution in [1.82, 2.24) is 4.31 Å². The van der Waals surface area contributed by atoms with Gasteiger partial charge in [0.25, 0.3) is 0 Å². The first-order valence-electron chi connectivity index (χ1n) is 6.43. The van der Waals surface area contributed by atoms with E-state index in [9.17, 15) is 8.42 Å². The summed E-state index contributed by atoms with van der Waals surface area (Å²) in [6.45, 7) is 5.89. The van der Waals surface area contributed by atoms with Crippen LogP contribution in [0.5, 0.6) is 0 Å². The third-order valence-electron chi connectivity index (χ3n) is 2.84. The summed E-state index contributed by atoms with van der Waals surface area (Å²) in [4.78, 5) is 0.294. The SMILES string of the molecule is CCOCCN(CC)S(=O)(=O)c1ccc(CN)cc1. The lowest BCUT2D eigenvalue weighted by atomic mass is 10.2. The number of hydrogen-bond donors (Lipinski definition) is 1. The molecule has 0 heterocycles. The lowest BCUT2D eigenvalue weighted by molar-refractivity contribution is 0.135. The Morgan fingerprint density at radius 2 is 1.84 bits per heavy atom. The van der Waals surface area contributed by atoms with Gasteiger partial charge in [-0.15, -0.1) is 0 Å². The van der Waals surface area contributed by atoms with Crippen LogP contribution in [0.2, 0.25) is 0 Å². The van der Waals surface area contributed by atoms with Crippen molar-refractivity contribution in [1.29, 1.82) is 0 Å². The molecule has 1 aromatic rings. The Labute approximate surface area is 115 Å². The molecule has 0 bridgehead atoms. The minimum atomic E-state index is -3.44. The third kappa shape index (κ3) is 4.28. The molecule has 0 aliphatic heterocycles. The van der Waals surface area contributed by atoms with Gasteiger partial charge in [0.1, 0.15) is 0 Å². The van der Waals surface area contributed by atoms with Crippen LogP contribution < -0.4 is 5.73 Å². The van der Waals surface area contributed by atoms with E-state index in [0.717, 1.165) is 5.56 Å². The molecule has 19 heavy (non-hydrogen) atoms. The molecule has 0 radical (unpaired) electrons. The topological polar surface area (TPSA) is 72.6 Å². The van der Waals surface area contributed by atoms with Gasteiger partial charge in [-0.25, -0.2) is 8.42 Å². The molecule has 0 spiro atoms. The number of nitrogens with two attached hydrogens (primary N) is 1. The average Bonchev–Trinajstić information content (AvgIpc) is 2.43. The lowest BCUT2D eigenvalue weighted by Gasteiger charge is -2.20. The Hall–Kier alpha value is -0.950. The van der Waals surface area contributed by atoms with E-state index in [1.54, 1.807) is 24.3 Å². The summed E-state index contributed by atoms with van der Waals surface area (Å²) in [6.07, 6.45) is 0. The Balaban J connectivity index is 2.86. The van der Waals surface area contributed by atoms with Crippen LogP contribution in [-0.4, -0.2) is 39.0 Å².